The predicted molar refractivity (Wildman–Crippen MR) is 128 cm³/mol. The van der Waals surface area contributed by atoms with Crippen LogP contribution in [0.4, 0.5) is 0 Å². The van der Waals surface area contributed by atoms with Gasteiger partial charge in [-0.2, -0.15) is 0 Å². The van der Waals surface area contributed by atoms with Crippen LogP contribution >= 0.6 is 0 Å². The molecule has 0 heteroatoms. The number of unbranched alkanes of at least 4 members (excludes halogenated alkanes) is 1. The van der Waals surface area contributed by atoms with E-state index in [0.717, 1.165) is 23.7 Å². The Hall–Kier alpha value is -0.780. The summed E-state index contributed by atoms with van der Waals surface area (Å²) in [5, 5.41) is 0. The van der Waals surface area contributed by atoms with Gasteiger partial charge in [0, 0.05) is 0 Å². The van der Waals surface area contributed by atoms with E-state index in [1.165, 1.54) is 95.5 Å². The molecule has 0 spiro atoms. The normalized spacial score (nSPS) is 27.8. The molecule has 2 fully saturated rings. The van der Waals surface area contributed by atoms with E-state index in [2.05, 4.69) is 38.1 Å². The summed E-state index contributed by atoms with van der Waals surface area (Å²) in [5.41, 5.74) is 3.06. The summed E-state index contributed by atoms with van der Waals surface area (Å²) in [5.74, 6) is 4.19. The average Bonchev–Trinajstić information content (AvgIpc) is 2.77. The van der Waals surface area contributed by atoms with Crippen molar-refractivity contribution in [2.45, 2.75) is 123 Å². The quantitative estimate of drug-likeness (QED) is 0.350. The summed E-state index contributed by atoms with van der Waals surface area (Å²) in [6.45, 7) is 4.61. The third kappa shape index (κ3) is 8.10. The molecular formula is C29H48. The van der Waals surface area contributed by atoms with Crippen molar-refractivity contribution < 1.29 is 0 Å². The molecule has 3 rings (SSSR count). The van der Waals surface area contributed by atoms with E-state index in [1.54, 1.807) is 24.8 Å². The minimum atomic E-state index is 0.996. The van der Waals surface area contributed by atoms with Gasteiger partial charge in [0.2, 0.25) is 0 Å². The summed E-state index contributed by atoms with van der Waals surface area (Å²) in [7, 11) is 0. The minimum absolute atomic E-state index is 0.996. The van der Waals surface area contributed by atoms with E-state index in [4.69, 9.17) is 0 Å². The second kappa shape index (κ2) is 12.8. The molecule has 0 aliphatic heterocycles. The van der Waals surface area contributed by atoms with E-state index in [1.807, 2.05) is 0 Å². The third-order valence-corrected chi connectivity index (χ3v) is 8.28. The molecule has 164 valence electrons. The second-order valence-corrected chi connectivity index (χ2v) is 10.6. The van der Waals surface area contributed by atoms with Crippen molar-refractivity contribution in [1.29, 1.82) is 0 Å². The van der Waals surface area contributed by atoms with Crippen LogP contribution in [0.1, 0.15) is 121 Å². The summed E-state index contributed by atoms with van der Waals surface area (Å²) < 4.78 is 0. The molecule has 0 N–H and O–H groups in total. The molecule has 1 aromatic rings. The van der Waals surface area contributed by atoms with Gasteiger partial charge in [-0.05, 0) is 54.1 Å². The Kier molecular flexibility index (Phi) is 10.1. The molecule has 29 heavy (non-hydrogen) atoms. The Morgan fingerprint density at radius 2 is 0.931 bits per heavy atom. The van der Waals surface area contributed by atoms with Gasteiger partial charge in [-0.15, -0.1) is 0 Å². The summed E-state index contributed by atoms with van der Waals surface area (Å²) in [6, 6.07) is 9.47. The van der Waals surface area contributed by atoms with Crippen LogP contribution in [-0.2, 0) is 12.8 Å². The molecule has 0 unspecified atom stereocenters. The van der Waals surface area contributed by atoms with Crippen molar-refractivity contribution in [3.8, 4) is 0 Å². The summed E-state index contributed by atoms with van der Waals surface area (Å²) in [4.78, 5) is 0. The first-order valence-corrected chi connectivity index (χ1v) is 13.3. The van der Waals surface area contributed by atoms with Gasteiger partial charge < -0.3 is 0 Å². The third-order valence-electron chi connectivity index (χ3n) is 8.28. The van der Waals surface area contributed by atoms with Gasteiger partial charge in [0.25, 0.3) is 0 Å². The number of rotatable bonds is 11. The minimum Gasteiger partial charge on any atom is -0.0654 e. The second-order valence-electron chi connectivity index (χ2n) is 10.6. The highest BCUT2D eigenvalue weighted by atomic mass is 14.3. The standard InChI is InChI=1S/C29H48/c1-3-5-7-25-10-14-27(15-11-25)17-19-29-22-20-28(21-23-29)18-16-26-12-8-24(6-4-2)9-13-26/h8-9,12-13,25,27-29H,3-7,10-11,14-23H2,1-2H3/t25-,27-,28-,29-. The average molecular weight is 397 g/mol. The topological polar surface area (TPSA) is 0 Å². The number of hydrogen-bond acceptors (Lipinski definition) is 0. The maximum Gasteiger partial charge on any atom is -0.0276 e. The zero-order chi connectivity index (χ0) is 20.3. The highest BCUT2D eigenvalue weighted by molar-refractivity contribution is 5.22. The van der Waals surface area contributed by atoms with E-state index >= 15 is 0 Å². The van der Waals surface area contributed by atoms with Gasteiger partial charge in [-0.25, -0.2) is 0 Å². The Labute approximate surface area is 182 Å². The van der Waals surface area contributed by atoms with Crippen LogP contribution in [0.2, 0.25) is 0 Å². The lowest BCUT2D eigenvalue weighted by Crippen LogP contribution is -2.18. The smallest absolute Gasteiger partial charge is 0.0276 e. The molecule has 2 aliphatic carbocycles. The SMILES string of the molecule is CCCC[C@H]1CC[C@H](CC[C@H]2CC[C@H](CCc3ccc(CCC)cc3)CC2)CC1. The summed E-state index contributed by atoms with van der Waals surface area (Å²) in [6.07, 6.45) is 24.8. The first-order chi connectivity index (χ1) is 14.3. The first-order valence-electron chi connectivity index (χ1n) is 13.3. The lowest BCUT2D eigenvalue weighted by Gasteiger charge is -2.32. The molecule has 2 aliphatic rings. The monoisotopic (exact) mass is 396 g/mol. The molecule has 1 aromatic carbocycles. The molecule has 0 atom stereocenters. The van der Waals surface area contributed by atoms with Crippen LogP contribution in [0.15, 0.2) is 24.3 Å². The van der Waals surface area contributed by atoms with Gasteiger partial charge in [0.1, 0.15) is 0 Å². The van der Waals surface area contributed by atoms with Gasteiger partial charge in [-0.1, -0.05) is 128 Å². The lowest BCUT2D eigenvalue weighted by atomic mass is 9.74. The van der Waals surface area contributed by atoms with Crippen molar-refractivity contribution in [3.05, 3.63) is 35.4 Å². The van der Waals surface area contributed by atoms with Gasteiger partial charge in [0.15, 0.2) is 0 Å². The van der Waals surface area contributed by atoms with Crippen LogP contribution in [0, 0.1) is 23.7 Å². The highest BCUT2D eigenvalue weighted by Crippen LogP contribution is 2.38. The molecule has 0 saturated heterocycles. The molecule has 0 radical (unpaired) electrons. The largest absolute Gasteiger partial charge is 0.0654 e. The Morgan fingerprint density at radius 1 is 0.517 bits per heavy atom. The molecule has 0 amide bonds. The van der Waals surface area contributed by atoms with E-state index < -0.39 is 0 Å². The molecule has 2 saturated carbocycles. The summed E-state index contributed by atoms with van der Waals surface area (Å²) >= 11 is 0. The zero-order valence-corrected chi connectivity index (χ0v) is 19.6. The maximum absolute atomic E-state index is 2.38. The molecule has 0 heterocycles. The lowest BCUT2D eigenvalue weighted by molar-refractivity contribution is 0.209. The van der Waals surface area contributed by atoms with E-state index in [-0.39, 0.29) is 0 Å². The fraction of sp³-hybridized carbons (Fsp3) is 0.793. The first kappa shape index (κ1) is 22.9. The van der Waals surface area contributed by atoms with Crippen molar-refractivity contribution in [2.75, 3.05) is 0 Å². The number of aryl methyl sites for hydroxylation is 2. The van der Waals surface area contributed by atoms with Crippen molar-refractivity contribution in [2.24, 2.45) is 23.7 Å². The molecule has 0 aromatic heterocycles. The van der Waals surface area contributed by atoms with E-state index in [0.29, 0.717) is 0 Å². The number of benzene rings is 1. The van der Waals surface area contributed by atoms with Crippen LogP contribution in [0.5, 0.6) is 0 Å². The Balaban J connectivity index is 1.26. The Morgan fingerprint density at radius 3 is 1.38 bits per heavy atom. The molecular weight excluding hydrogens is 348 g/mol. The Bertz CT molecular complexity index is 526. The van der Waals surface area contributed by atoms with Gasteiger partial charge >= 0.3 is 0 Å². The fourth-order valence-corrected chi connectivity index (χ4v) is 6.11. The van der Waals surface area contributed by atoms with Crippen LogP contribution < -0.4 is 0 Å². The van der Waals surface area contributed by atoms with Crippen molar-refractivity contribution in [1.82, 2.24) is 0 Å². The van der Waals surface area contributed by atoms with Gasteiger partial charge in [-0.3, -0.25) is 0 Å². The predicted octanol–water partition coefficient (Wildman–Crippen LogP) is 9.15. The van der Waals surface area contributed by atoms with Crippen molar-refractivity contribution in [3.63, 3.8) is 0 Å². The van der Waals surface area contributed by atoms with Crippen LogP contribution in [0.25, 0.3) is 0 Å². The van der Waals surface area contributed by atoms with Crippen LogP contribution in [-0.4, -0.2) is 0 Å². The molecule has 0 bridgehead atoms. The highest BCUT2D eigenvalue weighted by Gasteiger charge is 2.24. The van der Waals surface area contributed by atoms with E-state index in [9.17, 15) is 0 Å². The van der Waals surface area contributed by atoms with Crippen LogP contribution in [0.3, 0.4) is 0 Å². The van der Waals surface area contributed by atoms with Crippen molar-refractivity contribution >= 4 is 0 Å². The molecule has 0 nitrogen and oxygen atoms in total. The maximum atomic E-state index is 2.38. The zero-order valence-electron chi connectivity index (χ0n) is 19.6. The number of hydrogen-bond donors (Lipinski definition) is 0. The fourth-order valence-electron chi connectivity index (χ4n) is 6.11. The van der Waals surface area contributed by atoms with Gasteiger partial charge in [0.05, 0.1) is 0 Å².